The van der Waals surface area contributed by atoms with Gasteiger partial charge in [-0.05, 0) is 30.9 Å². The van der Waals surface area contributed by atoms with Crippen LogP contribution in [0.15, 0.2) is 40.3 Å². The first-order valence-corrected chi connectivity index (χ1v) is 9.95. The first kappa shape index (κ1) is 21.7. The third kappa shape index (κ3) is 5.95. The average Bonchev–Trinajstić information content (AvgIpc) is 2.67. The molecule has 0 fully saturated rings. The van der Waals surface area contributed by atoms with Crippen LogP contribution in [0.1, 0.15) is 44.4 Å². The molecule has 1 aromatic heterocycles. The SMILES string of the molecule is CC[C@@H](C)c1ccccc1NC(=O)[C@H](C)Sc1nc(CC(=O)OC)cc(=O)[nH]1. The lowest BCUT2D eigenvalue weighted by Crippen LogP contribution is -2.24. The van der Waals surface area contributed by atoms with E-state index in [-0.39, 0.29) is 23.0 Å². The molecule has 0 unspecified atom stereocenters. The normalized spacial score (nSPS) is 12.9. The number of rotatable bonds is 8. The molecular formula is C20H25N3O4S. The predicted molar refractivity (Wildman–Crippen MR) is 110 cm³/mol. The van der Waals surface area contributed by atoms with Crippen molar-refractivity contribution in [3.8, 4) is 0 Å². The van der Waals surface area contributed by atoms with Crippen molar-refractivity contribution in [3.63, 3.8) is 0 Å². The molecule has 0 bridgehead atoms. The number of ether oxygens (including phenoxy) is 1. The van der Waals surface area contributed by atoms with E-state index >= 15 is 0 Å². The number of hydrogen-bond acceptors (Lipinski definition) is 6. The predicted octanol–water partition coefficient (Wildman–Crippen LogP) is 3.12. The number of aromatic amines is 1. The van der Waals surface area contributed by atoms with Gasteiger partial charge < -0.3 is 15.0 Å². The van der Waals surface area contributed by atoms with Gasteiger partial charge in [0.15, 0.2) is 5.16 Å². The van der Waals surface area contributed by atoms with E-state index in [1.807, 2.05) is 24.3 Å². The Morgan fingerprint density at radius 2 is 2.00 bits per heavy atom. The lowest BCUT2D eigenvalue weighted by Gasteiger charge is -2.17. The van der Waals surface area contributed by atoms with Crippen molar-refractivity contribution in [3.05, 3.63) is 51.9 Å². The fourth-order valence-corrected chi connectivity index (χ4v) is 3.40. The van der Waals surface area contributed by atoms with Crippen LogP contribution in [-0.2, 0) is 20.7 Å². The van der Waals surface area contributed by atoms with Crippen molar-refractivity contribution in [2.75, 3.05) is 12.4 Å². The first-order valence-electron chi connectivity index (χ1n) is 9.07. The van der Waals surface area contributed by atoms with E-state index in [0.717, 1.165) is 29.4 Å². The summed E-state index contributed by atoms with van der Waals surface area (Å²) in [5, 5.41) is 2.75. The van der Waals surface area contributed by atoms with E-state index < -0.39 is 11.2 Å². The van der Waals surface area contributed by atoms with Gasteiger partial charge in [-0.15, -0.1) is 0 Å². The monoisotopic (exact) mass is 403 g/mol. The number of carbonyl (C=O) groups excluding carboxylic acids is 2. The molecule has 0 aliphatic heterocycles. The molecular weight excluding hydrogens is 378 g/mol. The van der Waals surface area contributed by atoms with Crippen LogP contribution >= 0.6 is 11.8 Å². The maximum atomic E-state index is 12.6. The van der Waals surface area contributed by atoms with Crippen molar-refractivity contribution >= 4 is 29.3 Å². The second kappa shape index (κ2) is 10.1. The lowest BCUT2D eigenvalue weighted by molar-refractivity contribution is -0.139. The topological polar surface area (TPSA) is 101 Å². The van der Waals surface area contributed by atoms with Gasteiger partial charge in [-0.2, -0.15) is 0 Å². The Hall–Kier alpha value is -2.61. The molecule has 2 aromatic rings. The molecule has 0 saturated carbocycles. The Morgan fingerprint density at radius 1 is 1.29 bits per heavy atom. The zero-order chi connectivity index (χ0) is 20.7. The Bertz CT molecular complexity index is 897. The second-order valence-corrected chi connectivity index (χ2v) is 7.77. The number of amides is 1. The molecule has 2 N–H and O–H groups in total. The minimum Gasteiger partial charge on any atom is -0.469 e. The Balaban J connectivity index is 2.11. The summed E-state index contributed by atoms with van der Waals surface area (Å²) in [4.78, 5) is 42.7. The molecule has 1 amide bonds. The summed E-state index contributed by atoms with van der Waals surface area (Å²) in [7, 11) is 1.27. The summed E-state index contributed by atoms with van der Waals surface area (Å²) >= 11 is 1.12. The molecule has 0 spiro atoms. The third-order valence-corrected chi connectivity index (χ3v) is 5.33. The largest absolute Gasteiger partial charge is 0.469 e. The number of nitrogens with one attached hydrogen (secondary N) is 2. The zero-order valence-corrected chi connectivity index (χ0v) is 17.3. The van der Waals surface area contributed by atoms with Crippen LogP contribution in [0.4, 0.5) is 5.69 Å². The van der Waals surface area contributed by atoms with Crippen molar-refractivity contribution < 1.29 is 14.3 Å². The Morgan fingerprint density at radius 3 is 2.68 bits per heavy atom. The molecule has 1 heterocycles. The summed E-state index contributed by atoms with van der Waals surface area (Å²) in [6.07, 6.45) is 0.867. The standard InChI is InChI=1S/C20H25N3O4S/c1-5-12(2)15-8-6-7-9-16(15)22-19(26)13(3)28-20-21-14(10-17(24)23-20)11-18(25)27-4/h6-10,12-13H,5,11H2,1-4H3,(H,22,26)(H,21,23,24)/t12-,13+/m1/s1. The number of esters is 1. The van der Waals surface area contributed by atoms with Crippen molar-refractivity contribution in [1.29, 1.82) is 0 Å². The van der Waals surface area contributed by atoms with Crippen molar-refractivity contribution in [2.45, 2.75) is 49.9 Å². The number of benzene rings is 1. The highest BCUT2D eigenvalue weighted by atomic mass is 32.2. The van der Waals surface area contributed by atoms with Crippen LogP contribution in [0.5, 0.6) is 0 Å². The number of nitrogens with zero attached hydrogens (tertiary/aromatic N) is 1. The van der Waals surface area contributed by atoms with E-state index in [0.29, 0.717) is 11.6 Å². The average molecular weight is 404 g/mol. The fourth-order valence-electron chi connectivity index (χ4n) is 2.57. The van der Waals surface area contributed by atoms with E-state index in [4.69, 9.17) is 0 Å². The maximum absolute atomic E-state index is 12.6. The smallest absolute Gasteiger partial charge is 0.311 e. The minimum atomic E-state index is -0.499. The van der Waals surface area contributed by atoms with E-state index in [9.17, 15) is 14.4 Å². The summed E-state index contributed by atoms with van der Waals surface area (Å²) in [5.74, 6) is -0.351. The van der Waals surface area contributed by atoms with Crippen LogP contribution in [0.3, 0.4) is 0 Å². The minimum absolute atomic E-state index is 0.100. The summed E-state index contributed by atoms with van der Waals surface area (Å²) in [6, 6.07) is 8.98. The first-order chi connectivity index (χ1) is 13.3. The maximum Gasteiger partial charge on any atom is 0.311 e. The van der Waals surface area contributed by atoms with Gasteiger partial charge >= 0.3 is 5.97 Å². The number of anilines is 1. The van der Waals surface area contributed by atoms with Gasteiger partial charge in [-0.1, -0.05) is 43.8 Å². The summed E-state index contributed by atoms with van der Waals surface area (Å²) < 4.78 is 4.60. The number of thioether (sulfide) groups is 1. The van der Waals surface area contributed by atoms with Gasteiger partial charge in [-0.25, -0.2) is 4.98 Å². The Labute approximate surface area is 168 Å². The van der Waals surface area contributed by atoms with Gasteiger partial charge in [0, 0.05) is 11.8 Å². The molecule has 8 heteroatoms. The molecule has 0 radical (unpaired) electrons. The zero-order valence-electron chi connectivity index (χ0n) is 16.4. The highest BCUT2D eigenvalue weighted by Gasteiger charge is 2.19. The summed E-state index contributed by atoms with van der Waals surface area (Å²) in [5.41, 5.74) is 1.79. The number of aromatic nitrogens is 2. The van der Waals surface area contributed by atoms with Crippen LogP contribution < -0.4 is 10.9 Å². The fraction of sp³-hybridized carbons (Fsp3) is 0.400. The number of carbonyl (C=O) groups is 2. The molecule has 0 aliphatic rings. The van der Waals surface area contributed by atoms with Crippen LogP contribution in [-0.4, -0.2) is 34.2 Å². The molecule has 7 nitrogen and oxygen atoms in total. The van der Waals surface area contributed by atoms with Crippen molar-refractivity contribution in [2.24, 2.45) is 0 Å². The van der Waals surface area contributed by atoms with Gasteiger partial charge in [0.1, 0.15) is 0 Å². The van der Waals surface area contributed by atoms with Crippen LogP contribution in [0.25, 0.3) is 0 Å². The molecule has 1 aromatic carbocycles. The summed E-state index contributed by atoms with van der Waals surface area (Å²) in [6.45, 7) is 5.95. The number of hydrogen-bond donors (Lipinski definition) is 2. The number of para-hydroxylation sites is 1. The van der Waals surface area contributed by atoms with Crippen LogP contribution in [0.2, 0.25) is 0 Å². The number of H-pyrrole nitrogens is 1. The van der Waals surface area contributed by atoms with Crippen molar-refractivity contribution in [1.82, 2.24) is 9.97 Å². The molecule has 2 atom stereocenters. The molecule has 150 valence electrons. The van der Waals surface area contributed by atoms with E-state index in [1.54, 1.807) is 6.92 Å². The quantitative estimate of drug-likeness (QED) is 0.399. The van der Waals surface area contributed by atoms with E-state index in [2.05, 4.69) is 33.9 Å². The molecule has 0 saturated heterocycles. The molecule has 0 aliphatic carbocycles. The van der Waals surface area contributed by atoms with Gasteiger partial charge in [0.05, 0.1) is 24.5 Å². The molecule has 28 heavy (non-hydrogen) atoms. The highest BCUT2D eigenvalue weighted by molar-refractivity contribution is 8.00. The van der Waals surface area contributed by atoms with Gasteiger partial charge in [0.25, 0.3) is 5.56 Å². The van der Waals surface area contributed by atoms with Gasteiger partial charge in [-0.3, -0.25) is 14.4 Å². The lowest BCUT2D eigenvalue weighted by atomic mass is 9.97. The van der Waals surface area contributed by atoms with Gasteiger partial charge in [0.2, 0.25) is 5.91 Å². The Kier molecular flexibility index (Phi) is 7.80. The van der Waals surface area contributed by atoms with E-state index in [1.165, 1.54) is 13.2 Å². The van der Waals surface area contributed by atoms with Crippen LogP contribution in [0, 0.1) is 0 Å². The molecule has 2 rings (SSSR count). The highest BCUT2D eigenvalue weighted by Crippen LogP contribution is 2.27. The third-order valence-electron chi connectivity index (χ3n) is 4.35. The number of methoxy groups -OCH3 is 1. The second-order valence-electron chi connectivity index (χ2n) is 6.44.